The molecule has 4 aliphatic rings. The van der Waals surface area contributed by atoms with Gasteiger partial charge in [0.25, 0.3) is 0 Å². The molecule has 156 valence electrons. The van der Waals surface area contributed by atoms with Crippen LogP contribution >= 0.6 is 23.2 Å². The fourth-order valence-electron chi connectivity index (χ4n) is 6.04. The monoisotopic (exact) mass is 444 g/mol. The van der Waals surface area contributed by atoms with Crippen LogP contribution < -0.4 is 0 Å². The van der Waals surface area contributed by atoms with Crippen molar-refractivity contribution < 1.29 is 14.3 Å². The maximum atomic E-state index is 14.7. The highest BCUT2D eigenvalue weighted by atomic mass is 35.5. The summed E-state index contributed by atoms with van der Waals surface area (Å²) >= 11 is 12.2. The second kappa shape index (κ2) is 7.39. The van der Waals surface area contributed by atoms with Crippen LogP contribution in [0.2, 0.25) is 10.0 Å². The number of aryl methyl sites for hydroxylation is 1. The fraction of sp³-hybridized carbons (Fsp3) is 0.400. The van der Waals surface area contributed by atoms with Crippen molar-refractivity contribution in [3.8, 4) is 11.1 Å². The van der Waals surface area contributed by atoms with E-state index in [9.17, 15) is 14.3 Å². The maximum Gasteiger partial charge on any atom is 0.170 e. The van der Waals surface area contributed by atoms with Gasteiger partial charge in [-0.05, 0) is 78.8 Å². The van der Waals surface area contributed by atoms with E-state index in [1.165, 1.54) is 12.1 Å². The molecule has 6 rings (SSSR count). The molecule has 0 saturated heterocycles. The van der Waals surface area contributed by atoms with Crippen LogP contribution in [0, 0.1) is 29.5 Å². The number of carbonyl (C=O) groups excluding carboxylic acids is 1. The van der Waals surface area contributed by atoms with Crippen molar-refractivity contribution in [2.75, 3.05) is 0 Å². The molecule has 2 bridgehead atoms. The van der Waals surface area contributed by atoms with E-state index in [4.69, 9.17) is 23.2 Å². The minimum atomic E-state index is -0.509. The first-order chi connectivity index (χ1) is 14.4. The van der Waals surface area contributed by atoms with E-state index >= 15 is 0 Å². The molecule has 0 heterocycles. The zero-order valence-electron chi connectivity index (χ0n) is 16.7. The number of ketones is 1. The molecule has 2 atom stereocenters. The molecule has 4 aliphatic carbocycles. The zero-order chi connectivity index (χ0) is 21.2. The average Bonchev–Trinajstić information content (AvgIpc) is 3.00. The number of aliphatic hydroxyl groups is 1. The summed E-state index contributed by atoms with van der Waals surface area (Å²) < 4.78 is 14.7. The van der Waals surface area contributed by atoms with Gasteiger partial charge in [-0.1, -0.05) is 42.3 Å². The Labute approximate surface area is 185 Å². The van der Waals surface area contributed by atoms with E-state index in [1.54, 1.807) is 6.07 Å². The minimum Gasteiger partial charge on any atom is -0.511 e. The number of rotatable bonds is 3. The molecule has 2 aromatic rings. The Morgan fingerprint density at radius 2 is 1.70 bits per heavy atom. The van der Waals surface area contributed by atoms with E-state index in [0.29, 0.717) is 35.0 Å². The van der Waals surface area contributed by atoms with Crippen LogP contribution in [0.25, 0.3) is 16.7 Å². The Morgan fingerprint density at radius 3 is 2.30 bits per heavy atom. The van der Waals surface area contributed by atoms with E-state index in [1.807, 2.05) is 19.1 Å². The summed E-state index contributed by atoms with van der Waals surface area (Å²) in [4.78, 5) is 13.5. The molecule has 2 aromatic carbocycles. The molecule has 5 heteroatoms. The molecule has 0 radical (unpaired) electrons. The van der Waals surface area contributed by atoms with Gasteiger partial charge in [0, 0.05) is 22.4 Å². The molecule has 0 aliphatic heterocycles. The fourth-order valence-corrected chi connectivity index (χ4v) is 6.62. The van der Waals surface area contributed by atoms with Crippen LogP contribution in [0.4, 0.5) is 4.39 Å². The lowest BCUT2D eigenvalue weighted by molar-refractivity contribution is -0.123. The predicted octanol–water partition coefficient (Wildman–Crippen LogP) is 7.27. The standard InChI is InChI=1S/C25H23Cl2FO2/c1-2-12-3-8-15(20-18(27)10-16(26)11-19(20)28)9-17(12)23-24(29)21-13-4-5-14(7-6-13)22(21)25(23)30/h3,8-11,13-14,21-22,29H,2,4-7H2,1H3/t13?,14?,21-,22?/m0/s1. The third kappa shape index (κ3) is 2.93. The molecule has 3 saturated carbocycles. The maximum absolute atomic E-state index is 14.7. The average molecular weight is 445 g/mol. The van der Waals surface area contributed by atoms with Crippen LogP contribution in [0.1, 0.15) is 43.7 Å². The van der Waals surface area contributed by atoms with Crippen molar-refractivity contribution in [1.82, 2.24) is 0 Å². The summed E-state index contributed by atoms with van der Waals surface area (Å²) in [6, 6.07) is 8.27. The largest absolute Gasteiger partial charge is 0.511 e. The van der Waals surface area contributed by atoms with E-state index in [-0.39, 0.29) is 39.0 Å². The lowest BCUT2D eigenvalue weighted by atomic mass is 9.59. The number of aliphatic hydroxyl groups excluding tert-OH is 1. The highest BCUT2D eigenvalue weighted by molar-refractivity contribution is 6.36. The summed E-state index contributed by atoms with van der Waals surface area (Å²) in [5.74, 6) is 0.392. The molecule has 1 N–H and O–H groups in total. The van der Waals surface area contributed by atoms with Crippen LogP contribution in [0.15, 0.2) is 36.1 Å². The lowest BCUT2D eigenvalue weighted by Crippen LogP contribution is -2.41. The third-order valence-electron chi connectivity index (χ3n) is 7.40. The van der Waals surface area contributed by atoms with Gasteiger partial charge in [0.2, 0.25) is 0 Å². The highest BCUT2D eigenvalue weighted by Gasteiger charge is 2.54. The molecule has 0 spiro atoms. The number of benzene rings is 2. The summed E-state index contributed by atoms with van der Waals surface area (Å²) in [7, 11) is 0. The van der Waals surface area contributed by atoms with Gasteiger partial charge in [-0.25, -0.2) is 4.39 Å². The Hall–Kier alpha value is -1.84. The summed E-state index contributed by atoms with van der Waals surface area (Å²) in [6.45, 7) is 2.02. The number of halogens is 3. The number of hydrogen-bond acceptors (Lipinski definition) is 2. The first-order valence-electron chi connectivity index (χ1n) is 10.7. The number of hydrogen-bond donors (Lipinski definition) is 1. The normalized spacial score (nSPS) is 27.7. The van der Waals surface area contributed by atoms with E-state index in [2.05, 4.69) is 0 Å². The van der Waals surface area contributed by atoms with Gasteiger partial charge in [0.1, 0.15) is 11.6 Å². The summed E-state index contributed by atoms with van der Waals surface area (Å²) in [5.41, 5.74) is 2.94. The number of allylic oxidation sites excluding steroid dienone is 2. The van der Waals surface area contributed by atoms with Crippen molar-refractivity contribution in [2.45, 2.75) is 39.0 Å². The first kappa shape index (κ1) is 20.1. The van der Waals surface area contributed by atoms with Crippen molar-refractivity contribution in [1.29, 1.82) is 0 Å². The van der Waals surface area contributed by atoms with Crippen LogP contribution in [0.5, 0.6) is 0 Å². The lowest BCUT2D eigenvalue weighted by Gasteiger charge is -2.44. The smallest absolute Gasteiger partial charge is 0.170 e. The summed E-state index contributed by atoms with van der Waals surface area (Å²) in [6.07, 6.45) is 5.03. The van der Waals surface area contributed by atoms with Crippen molar-refractivity contribution in [3.63, 3.8) is 0 Å². The van der Waals surface area contributed by atoms with Gasteiger partial charge in [-0.15, -0.1) is 0 Å². The third-order valence-corrected chi connectivity index (χ3v) is 7.91. The van der Waals surface area contributed by atoms with Crippen molar-refractivity contribution in [3.05, 3.63) is 63.1 Å². The molecule has 30 heavy (non-hydrogen) atoms. The first-order valence-corrected chi connectivity index (χ1v) is 11.4. The number of fused-ring (bicyclic) bond motifs is 2. The molecule has 2 nitrogen and oxygen atoms in total. The van der Waals surface area contributed by atoms with E-state index in [0.717, 1.165) is 31.2 Å². The van der Waals surface area contributed by atoms with Gasteiger partial charge in [-0.2, -0.15) is 0 Å². The van der Waals surface area contributed by atoms with Crippen LogP contribution in [-0.4, -0.2) is 10.9 Å². The second-order valence-electron chi connectivity index (χ2n) is 8.82. The van der Waals surface area contributed by atoms with Crippen LogP contribution in [-0.2, 0) is 11.2 Å². The molecule has 0 amide bonds. The van der Waals surface area contributed by atoms with Gasteiger partial charge in [0.05, 0.1) is 10.6 Å². The topological polar surface area (TPSA) is 37.3 Å². The van der Waals surface area contributed by atoms with Gasteiger partial charge >= 0.3 is 0 Å². The molecule has 3 fully saturated rings. The molecular weight excluding hydrogens is 422 g/mol. The Morgan fingerprint density at radius 1 is 1.03 bits per heavy atom. The highest BCUT2D eigenvalue weighted by Crippen LogP contribution is 2.57. The van der Waals surface area contributed by atoms with E-state index < -0.39 is 5.82 Å². The van der Waals surface area contributed by atoms with Gasteiger partial charge in [0.15, 0.2) is 5.78 Å². The van der Waals surface area contributed by atoms with Gasteiger partial charge in [-0.3, -0.25) is 4.79 Å². The molecule has 0 aromatic heterocycles. The Balaban J connectivity index is 1.66. The Bertz CT molecular complexity index is 1060. The predicted molar refractivity (Wildman–Crippen MR) is 118 cm³/mol. The molecular formula is C25H23Cl2FO2. The van der Waals surface area contributed by atoms with Gasteiger partial charge < -0.3 is 5.11 Å². The second-order valence-corrected chi connectivity index (χ2v) is 9.66. The van der Waals surface area contributed by atoms with Crippen molar-refractivity contribution >= 4 is 34.6 Å². The molecule has 1 unspecified atom stereocenters. The number of Topliss-reactive ketones (excluding diaryl/α,β-unsaturated/α-hetero) is 1. The minimum absolute atomic E-state index is 0.0516. The Kier molecular flexibility index (Phi) is 4.95. The SMILES string of the molecule is CCc1ccc(-c2c(F)cc(Cl)cc2Cl)cc1C1=C(O)[C@H]2C3CCC(CC3)C2C1=O. The zero-order valence-corrected chi connectivity index (χ0v) is 18.2. The number of carbonyl (C=O) groups is 1. The van der Waals surface area contributed by atoms with Crippen molar-refractivity contribution in [2.24, 2.45) is 23.7 Å². The van der Waals surface area contributed by atoms with Crippen LogP contribution in [0.3, 0.4) is 0 Å². The quantitative estimate of drug-likeness (QED) is 0.540. The summed E-state index contributed by atoms with van der Waals surface area (Å²) in [5, 5.41) is 11.7.